The third-order valence-corrected chi connectivity index (χ3v) is 3.70. The van der Waals surface area contributed by atoms with Gasteiger partial charge in [-0.2, -0.15) is 13.2 Å². The summed E-state index contributed by atoms with van der Waals surface area (Å²) in [5, 5.41) is 0.803. The van der Waals surface area contributed by atoms with Crippen LogP contribution in [0.15, 0.2) is 24.3 Å². The number of hydrogen-bond donors (Lipinski definition) is 0. The summed E-state index contributed by atoms with van der Waals surface area (Å²) >= 11 is 3.47. The van der Waals surface area contributed by atoms with Crippen LogP contribution in [-0.4, -0.2) is 24.7 Å². The number of benzene rings is 1. The third kappa shape index (κ3) is 6.43. The summed E-state index contributed by atoms with van der Waals surface area (Å²) in [4.78, 5) is 0. The fourth-order valence-electron chi connectivity index (χ4n) is 1.98. The summed E-state index contributed by atoms with van der Waals surface area (Å²) in [6, 6.07) is 8.08. The summed E-state index contributed by atoms with van der Waals surface area (Å²) in [6.45, 7) is 1.04. The molecule has 1 nitrogen and oxygen atoms in total. The van der Waals surface area contributed by atoms with E-state index < -0.39 is 12.8 Å². The number of rotatable bonds is 7. The Morgan fingerprint density at radius 3 is 2.53 bits per heavy atom. The van der Waals surface area contributed by atoms with Crippen LogP contribution in [0.25, 0.3) is 0 Å². The lowest BCUT2D eigenvalue weighted by atomic mass is 9.93. The van der Waals surface area contributed by atoms with Crippen LogP contribution in [0.1, 0.15) is 29.9 Å². The molecule has 0 aliphatic carbocycles. The topological polar surface area (TPSA) is 9.23 Å². The fourth-order valence-corrected chi connectivity index (χ4v) is 2.65. The fraction of sp³-hybridized carbons (Fsp3) is 0.571. The molecule has 0 radical (unpaired) electrons. The zero-order valence-corrected chi connectivity index (χ0v) is 12.4. The van der Waals surface area contributed by atoms with Crippen molar-refractivity contribution in [2.24, 2.45) is 0 Å². The van der Waals surface area contributed by atoms with Crippen molar-refractivity contribution in [3.05, 3.63) is 35.4 Å². The second-order valence-corrected chi connectivity index (χ2v) is 5.17. The highest BCUT2D eigenvalue weighted by Crippen LogP contribution is 2.26. The Kier molecular flexibility index (Phi) is 6.86. The zero-order valence-electron chi connectivity index (χ0n) is 10.8. The van der Waals surface area contributed by atoms with Gasteiger partial charge in [-0.1, -0.05) is 40.2 Å². The Morgan fingerprint density at radius 2 is 1.95 bits per heavy atom. The van der Waals surface area contributed by atoms with Gasteiger partial charge in [0.05, 0.1) is 0 Å². The molecule has 0 amide bonds. The van der Waals surface area contributed by atoms with Crippen molar-refractivity contribution in [2.75, 3.05) is 18.5 Å². The van der Waals surface area contributed by atoms with Gasteiger partial charge in [0, 0.05) is 11.9 Å². The lowest BCUT2D eigenvalue weighted by Crippen LogP contribution is -2.17. The molecule has 1 atom stereocenters. The molecule has 1 aromatic rings. The highest BCUT2D eigenvalue weighted by atomic mass is 79.9. The van der Waals surface area contributed by atoms with Crippen molar-refractivity contribution in [2.45, 2.75) is 31.9 Å². The minimum atomic E-state index is -4.23. The average molecular weight is 339 g/mol. The summed E-state index contributed by atoms with van der Waals surface area (Å²) in [6.07, 6.45) is -2.79. The van der Waals surface area contributed by atoms with E-state index in [1.165, 1.54) is 11.1 Å². The van der Waals surface area contributed by atoms with E-state index in [4.69, 9.17) is 0 Å². The maximum Gasteiger partial charge on any atom is 0.411 e. The molecule has 0 saturated carbocycles. The first-order valence-corrected chi connectivity index (χ1v) is 7.32. The molecule has 5 heteroatoms. The van der Waals surface area contributed by atoms with Crippen molar-refractivity contribution in [1.29, 1.82) is 0 Å². The Balaban J connectivity index is 2.36. The summed E-state index contributed by atoms with van der Waals surface area (Å²) in [5.41, 5.74) is 2.46. The molecule has 0 aromatic heterocycles. The van der Waals surface area contributed by atoms with E-state index in [9.17, 15) is 13.2 Å². The molecule has 0 aliphatic heterocycles. The molecule has 19 heavy (non-hydrogen) atoms. The van der Waals surface area contributed by atoms with Crippen molar-refractivity contribution in [1.82, 2.24) is 0 Å². The van der Waals surface area contributed by atoms with Crippen LogP contribution in [0, 0.1) is 6.92 Å². The minimum absolute atomic E-state index is 0.148. The van der Waals surface area contributed by atoms with Gasteiger partial charge in [-0.05, 0) is 36.8 Å². The predicted octanol–water partition coefficient (Wildman–Crippen LogP) is 4.83. The largest absolute Gasteiger partial charge is 0.411 e. The van der Waals surface area contributed by atoms with Crippen molar-refractivity contribution < 1.29 is 17.9 Å². The molecule has 108 valence electrons. The lowest BCUT2D eigenvalue weighted by molar-refractivity contribution is -0.174. The van der Waals surface area contributed by atoms with E-state index in [1.54, 1.807) is 0 Å². The number of hydrogen-bond acceptors (Lipinski definition) is 1. The zero-order chi connectivity index (χ0) is 14.3. The standard InChI is InChI=1S/C14H18BrF3O/c1-11-5-2-3-7-13(11)12(9-15)6-4-8-19-10-14(16,17)18/h2-3,5,7,12H,4,6,8-10H2,1H3. The van der Waals surface area contributed by atoms with Crippen LogP contribution in [-0.2, 0) is 4.74 Å². The molecule has 1 rings (SSSR count). The molecule has 0 N–H and O–H groups in total. The van der Waals surface area contributed by atoms with E-state index in [1.807, 2.05) is 25.1 Å². The monoisotopic (exact) mass is 338 g/mol. The third-order valence-electron chi connectivity index (χ3n) is 2.92. The van der Waals surface area contributed by atoms with Gasteiger partial charge < -0.3 is 4.74 Å². The van der Waals surface area contributed by atoms with E-state index >= 15 is 0 Å². The molecule has 0 heterocycles. The molecule has 0 fully saturated rings. The summed E-state index contributed by atoms with van der Waals surface area (Å²) < 4.78 is 40.3. The Hall–Kier alpha value is -0.550. The van der Waals surface area contributed by atoms with Crippen LogP contribution in [0.4, 0.5) is 13.2 Å². The first kappa shape index (κ1) is 16.5. The van der Waals surface area contributed by atoms with E-state index in [0.29, 0.717) is 12.3 Å². The number of aryl methyl sites for hydroxylation is 1. The van der Waals surface area contributed by atoms with E-state index in [-0.39, 0.29) is 6.61 Å². The van der Waals surface area contributed by atoms with Crippen molar-refractivity contribution in [3.63, 3.8) is 0 Å². The minimum Gasteiger partial charge on any atom is -0.372 e. The van der Waals surface area contributed by atoms with E-state index in [0.717, 1.165) is 11.8 Å². The molecule has 0 bridgehead atoms. The Morgan fingerprint density at radius 1 is 1.26 bits per heavy atom. The second kappa shape index (κ2) is 7.90. The van der Waals surface area contributed by atoms with Crippen LogP contribution >= 0.6 is 15.9 Å². The van der Waals surface area contributed by atoms with Gasteiger partial charge in [0.2, 0.25) is 0 Å². The average Bonchev–Trinajstić information content (AvgIpc) is 2.34. The Bertz CT molecular complexity index is 379. The molecule has 1 unspecified atom stereocenters. The summed E-state index contributed by atoms with van der Waals surface area (Å²) in [7, 11) is 0. The van der Waals surface area contributed by atoms with Crippen LogP contribution in [0.2, 0.25) is 0 Å². The SMILES string of the molecule is Cc1ccccc1C(CBr)CCCOCC(F)(F)F. The highest BCUT2D eigenvalue weighted by Gasteiger charge is 2.27. The first-order valence-electron chi connectivity index (χ1n) is 6.20. The van der Waals surface area contributed by atoms with Crippen LogP contribution in [0.5, 0.6) is 0 Å². The number of ether oxygens (including phenoxy) is 1. The van der Waals surface area contributed by atoms with Crippen LogP contribution in [0.3, 0.4) is 0 Å². The molecule has 0 saturated heterocycles. The van der Waals surface area contributed by atoms with Gasteiger partial charge in [-0.25, -0.2) is 0 Å². The highest BCUT2D eigenvalue weighted by molar-refractivity contribution is 9.09. The van der Waals surface area contributed by atoms with Gasteiger partial charge in [-0.3, -0.25) is 0 Å². The second-order valence-electron chi connectivity index (χ2n) is 4.52. The molecular weight excluding hydrogens is 321 g/mol. The molecule has 0 spiro atoms. The number of halogens is 4. The Labute approximate surface area is 120 Å². The van der Waals surface area contributed by atoms with Crippen molar-refractivity contribution in [3.8, 4) is 0 Å². The van der Waals surface area contributed by atoms with Gasteiger partial charge in [0.25, 0.3) is 0 Å². The van der Waals surface area contributed by atoms with Gasteiger partial charge >= 0.3 is 6.18 Å². The summed E-state index contributed by atoms with van der Waals surface area (Å²) in [5.74, 6) is 0.315. The quantitative estimate of drug-likeness (QED) is 0.511. The maximum absolute atomic E-state index is 11.9. The maximum atomic E-state index is 11.9. The normalized spacial score (nSPS) is 13.5. The lowest BCUT2D eigenvalue weighted by Gasteiger charge is -2.17. The first-order chi connectivity index (χ1) is 8.94. The predicted molar refractivity (Wildman–Crippen MR) is 73.8 cm³/mol. The van der Waals surface area contributed by atoms with Gasteiger partial charge in [0.15, 0.2) is 0 Å². The molecule has 1 aromatic carbocycles. The van der Waals surface area contributed by atoms with Gasteiger partial charge in [0.1, 0.15) is 6.61 Å². The smallest absolute Gasteiger partial charge is 0.372 e. The number of alkyl halides is 4. The van der Waals surface area contributed by atoms with E-state index in [2.05, 4.69) is 26.7 Å². The molecular formula is C14H18BrF3O. The van der Waals surface area contributed by atoms with Crippen LogP contribution < -0.4 is 0 Å². The van der Waals surface area contributed by atoms with Crippen molar-refractivity contribution >= 4 is 15.9 Å². The van der Waals surface area contributed by atoms with Gasteiger partial charge in [-0.15, -0.1) is 0 Å². The molecule has 0 aliphatic rings.